The predicted molar refractivity (Wildman–Crippen MR) is 64.8 cm³/mol. The molecule has 1 aliphatic carbocycles. The zero-order chi connectivity index (χ0) is 12.3. The summed E-state index contributed by atoms with van der Waals surface area (Å²) in [6.07, 6.45) is 0.874. The normalized spacial score (nSPS) is 32.7. The summed E-state index contributed by atoms with van der Waals surface area (Å²) in [5, 5.41) is 36.0. The van der Waals surface area contributed by atoms with Crippen molar-refractivity contribution < 1.29 is 25.1 Å². The second-order valence-electron chi connectivity index (χ2n) is 4.57. The van der Waals surface area contributed by atoms with Gasteiger partial charge in [0.25, 0.3) is 0 Å². The first-order chi connectivity index (χ1) is 7.36. The van der Waals surface area contributed by atoms with E-state index in [4.69, 9.17) is 20.9 Å². The summed E-state index contributed by atoms with van der Waals surface area (Å²) in [6.45, 7) is 0. The highest BCUT2D eigenvalue weighted by Crippen LogP contribution is 2.34. The number of carboxylic acids is 1. The molecule has 0 aliphatic heterocycles. The zero-order valence-electron chi connectivity index (χ0n) is 9.45. The molecule has 6 N–H and O–H groups in total. The zero-order valence-corrected chi connectivity index (χ0v) is 10.3. The van der Waals surface area contributed by atoms with Crippen LogP contribution < -0.4 is 5.73 Å². The van der Waals surface area contributed by atoms with Crippen LogP contribution in [0.2, 0.25) is 6.32 Å². The third-order valence-corrected chi connectivity index (χ3v) is 3.30. The second kappa shape index (κ2) is 6.56. The van der Waals surface area contributed by atoms with Gasteiger partial charge in [-0.1, -0.05) is 6.42 Å². The van der Waals surface area contributed by atoms with Crippen LogP contribution in [-0.2, 0) is 4.79 Å². The van der Waals surface area contributed by atoms with Gasteiger partial charge >= 0.3 is 13.1 Å². The highest BCUT2D eigenvalue weighted by molar-refractivity contribution is 6.40. The lowest BCUT2D eigenvalue weighted by Crippen LogP contribution is -2.60. The van der Waals surface area contributed by atoms with Crippen molar-refractivity contribution in [3.05, 3.63) is 0 Å². The van der Waals surface area contributed by atoms with Crippen molar-refractivity contribution in [1.82, 2.24) is 0 Å². The number of carboxylic acid groups (broad SMARTS) is 1. The number of aliphatic hydroxyl groups excluding tert-OH is 1. The van der Waals surface area contributed by atoms with E-state index in [9.17, 15) is 9.90 Å². The highest BCUT2D eigenvalue weighted by atomic mass is 35.5. The summed E-state index contributed by atoms with van der Waals surface area (Å²) in [6, 6.07) is 0. The Balaban J connectivity index is 0.00000256. The van der Waals surface area contributed by atoms with E-state index in [0.29, 0.717) is 19.3 Å². The molecule has 0 heterocycles. The molecule has 17 heavy (non-hydrogen) atoms. The summed E-state index contributed by atoms with van der Waals surface area (Å²) in [7, 11) is -1.37. The van der Waals surface area contributed by atoms with Gasteiger partial charge in [-0.2, -0.15) is 0 Å². The molecule has 100 valence electrons. The molecule has 0 aromatic carbocycles. The van der Waals surface area contributed by atoms with Crippen molar-refractivity contribution in [2.45, 2.75) is 43.6 Å². The van der Waals surface area contributed by atoms with Gasteiger partial charge in [0.2, 0.25) is 0 Å². The van der Waals surface area contributed by atoms with E-state index in [1.807, 2.05) is 0 Å². The fourth-order valence-electron chi connectivity index (χ4n) is 2.23. The average molecular weight is 268 g/mol. The van der Waals surface area contributed by atoms with Crippen LogP contribution >= 0.6 is 12.4 Å². The third kappa shape index (κ3) is 4.11. The van der Waals surface area contributed by atoms with Crippen LogP contribution in [0.5, 0.6) is 0 Å². The summed E-state index contributed by atoms with van der Waals surface area (Å²) >= 11 is 0. The van der Waals surface area contributed by atoms with Crippen molar-refractivity contribution >= 4 is 25.5 Å². The van der Waals surface area contributed by atoms with E-state index in [2.05, 4.69) is 0 Å². The van der Waals surface area contributed by atoms with Crippen LogP contribution in [0.25, 0.3) is 0 Å². The lowest BCUT2D eigenvalue weighted by atomic mass is 9.70. The van der Waals surface area contributed by atoms with Gasteiger partial charge < -0.3 is 26.0 Å². The van der Waals surface area contributed by atoms with Gasteiger partial charge in [0, 0.05) is 0 Å². The molecule has 1 rings (SSSR count). The minimum atomic E-state index is -1.59. The summed E-state index contributed by atoms with van der Waals surface area (Å²) in [5.41, 5.74) is 4.07. The number of hydrogen-bond acceptors (Lipinski definition) is 5. The van der Waals surface area contributed by atoms with E-state index in [-0.39, 0.29) is 31.1 Å². The molecule has 0 unspecified atom stereocenters. The van der Waals surface area contributed by atoms with Crippen LogP contribution in [0.1, 0.15) is 25.7 Å². The fourth-order valence-corrected chi connectivity index (χ4v) is 2.23. The first-order valence-electron chi connectivity index (χ1n) is 5.42. The molecule has 1 aliphatic rings. The molecule has 8 heteroatoms. The number of nitrogens with two attached hydrogens (primary N) is 1. The minimum absolute atomic E-state index is 0. The van der Waals surface area contributed by atoms with E-state index in [0.717, 1.165) is 0 Å². The number of aliphatic carboxylic acids is 1. The van der Waals surface area contributed by atoms with Crippen LogP contribution in [0, 0.1) is 5.92 Å². The van der Waals surface area contributed by atoms with E-state index >= 15 is 0 Å². The van der Waals surface area contributed by atoms with Gasteiger partial charge in [0.15, 0.2) is 0 Å². The van der Waals surface area contributed by atoms with Gasteiger partial charge in [-0.05, 0) is 31.5 Å². The molecule has 0 amide bonds. The van der Waals surface area contributed by atoms with Crippen LogP contribution in [-0.4, -0.2) is 45.0 Å². The van der Waals surface area contributed by atoms with Gasteiger partial charge in [0.1, 0.15) is 5.54 Å². The van der Waals surface area contributed by atoms with Gasteiger partial charge in [-0.15, -0.1) is 12.4 Å². The van der Waals surface area contributed by atoms with Crippen LogP contribution in [0.4, 0.5) is 0 Å². The Morgan fingerprint density at radius 2 is 2.00 bits per heavy atom. The average Bonchev–Trinajstić information content (AvgIpc) is 2.19. The van der Waals surface area contributed by atoms with Crippen LogP contribution in [0.3, 0.4) is 0 Å². The first-order valence-corrected chi connectivity index (χ1v) is 5.42. The molecule has 0 aromatic rings. The predicted octanol–water partition coefficient (Wildman–Crippen LogP) is -0.786. The molecule has 1 saturated carbocycles. The third-order valence-electron chi connectivity index (χ3n) is 3.30. The molecule has 0 radical (unpaired) electrons. The van der Waals surface area contributed by atoms with Crippen molar-refractivity contribution in [2.75, 3.05) is 0 Å². The van der Waals surface area contributed by atoms with Gasteiger partial charge in [-0.3, -0.25) is 4.79 Å². The summed E-state index contributed by atoms with van der Waals surface area (Å²) in [5.74, 6) is -1.18. The largest absolute Gasteiger partial charge is 0.480 e. The lowest BCUT2D eigenvalue weighted by Gasteiger charge is -2.38. The number of hydrogen-bond donors (Lipinski definition) is 5. The van der Waals surface area contributed by atoms with Crippen molar-refractivity contribution in [3.8, 4) is 0 Å². The Morgan fingerprint density at radius 3 is 2.47 bits per heavy atom. The van der Waals surface area contributed by atoms with Crippen molar-refractivity contribution in [2.24, 2.45) is 11.7 Å². The summed E-state index contributed by atoms with van der Waals surface area (Å²) in [4.78, 5) is 11.0. The molecule has 1 fully saturated rings. The molecule has 3 atom stereocenters. The molecule has 0 spiro atoms. The van der Waals surface area contributed by atoms with Crippen LogP contribution in [0.15, 0.2) is 0 Å². The number of carbonyl (C=O) groups is 1. The number of halogens is 1. The first kappa shape index (κ1) is 16.7. The highest BCUT2D eigenvalue weighted by Gasteiger charge is 2.46. The standard InChI is InChI=1S/C9H18BNO5.ClH/c11-9(8(13)14)5-6(1-2-7(9)12)3-4-10(15)16;/h6-7,12,15-16H,1-5,11H2,(H,13,14);1H/t6-,7-,9-;/m0./s1. The van der Waals surface area contributed by atoms with E-state index in [1.54, 1.807) is 0 Å². The smallest absolute Gasteiger partial charge is 0.451 e. The Labute approximate surface area is 106 Å². The van der Waals surface area contributed by atoms with Gasteiger partial charge in [-0.25, -0.2) is 0 Å². The lowest BCUT2D eigenvalue weighted by molar-refractivity contribution is -0.151. The summed E-state index contributed by atoms with van der Waals surface area (Å²) < 4.78 is 0. The molecule has 0 bridgehead atoms. The maximum atomic E-state index is 11.0. The monoisotopic (exact) mass is 267 g/mol. The molecule has 6 nitrogen and oxygen atoms in total. The molecule has 0 aromatic heterocycles. The van der Waals surface area contributed by atoms with Gasteiger partial charge in [0.05, 0.1) is 6.10 Å². The van der Waals surface area contributed by atoms with E-state index in [1.165, 1.54) is 0 Å². The Hall–Kier alpha value is -0.335. The Morgan fingerprint density at radius 1 is 1.41 bits per heavy atom. The van der Waals surface area contributed by atoms with E-state index < -0.39 is 24.7 Å². The van der Waals surface area contributed by atoms with Crippen molar-refractivity contribution in [3.63, 3.8) is 0 Å². The Kier molecular flexibility index (Phi) is 6.43. The molecular formula is C9H19BClNO5. The SMILES string of the molecule is Cl.N[C@@]1(C(=O)O)C[C@H](CCB(O)O)CC[C@@H]1O. The maximum Gasteiger partial charge on any atom is 0.451 e. The maximum absolute atomic E-state index is 11.0. The topological polar surface area (TPSA) is 124 Å². The molecular weight excluding hydrogens is 248 g/mol. The molecule has 0 saturated heterocycles. The number of rotatable bonds is 4. The quantitative estimate of drug-likeness (QED) is 0.425. The number of aliphatic hydroxyl groups is 1. The van der Waals surface area contributed by atoms with Crippen molar-refractivity contribution in [1.29, 1.82) is 0 Å². The minimum Gasteiger partial charge on any atom is -0.480 e. The Bertz CT molecular complexity index is 268. The fraction of sp³-hybridized carbons (Fsp3) is 0.889. The second-order valence-corrected chi connectivity index (χ2v) is 4.57.